The third kappa shape index (κ3) is 4.71. The molecule has 0 aromatic heterocycles. The summed E-state index contributed by atoms with van der Waals surface area (Å²) in [5.74, 6) is 0.241. The van der Waals surface area contributed by atoms with E-state index in [9.17, 15) is 4.79 Å². The Morgan fingerprint density at radius 2 is 1.81 bits per heavy atom. The summed E-state index contributed by atoms with van der Waals surface area (Å²) in [7, 11) is 0. The molecule has 2 N–H and O–H groups in total. The summed E-state index contributed by atoms with van der Waals surface area (Å²) in [6.07, 6.45) is 6.22. The first-order chi connectivity index (χ1) is 6.91. The van der Waals surface area contributed by atoms with E-state index in [-0.39, 0.29) is 24.5 Å². The lowest BCUT2D eigenvalue weighted by Crippen LogP contribution is -2.45. The average Bonchev–Trinajstić information content (AvgIpc) is 2.17. The maximum Gasteiger partial charge on any atom is 0.325 e. The number of hydrogen-bond donors (Lipinski definition) is 1. The number of carbonyl (C=O) groups is 1. The number of esters is 1. The van der Waals surface area contributed by atoms with Gasteiger partial charge in [0, 0.05) is 0 Å². The van der Waals surface area contributed by atoms with Gasteiger partial charge in [0.25, 0.3) is 0 Å². The lowest BCUT2D eigenvalue weighted by atomic mass is 9.86. The molecule has 96 valence electrons. The molecule has 0 bridgehead atoms. The van der Waals surface area contributed by atoms with Gasteiger partial charge in [-0.3, -0.25) is 4.79 Å². The van der Waals surface area contributed by atoms with Crippen molar-refractivity contribution in [1.82, 2.24) is 0 Å². The molecule has 1 saturated carbocycles. The van der Waals surface area contributed by atoms with Crippen LogP contribution in [0.1, 0.15) is 52.9 Å². The number of rotatable bonds is 3. The van der Waals surface area contributed by atoms with E-state index < -0.39 is 5.54 Å². The lowest BCUT2D eigenvalue weighted by molar-refractivity contribution is -0.156. The van der Waals surface area contributed by atoms with Gasteiger partial charge in [0.15, 0.2) is 0 Å². The summed E-state index contributed by atoms with van der Waals surface area (Å²) in [5.41, 5.74) is 4.81. The van der Waals surface area contributed by atoms with E-state index in [4.69, 9.17) is 10.5 Å². The minimum Gasteiger partial charge on any atom is -0.461 e. The zero-order chi connectivity index (χ0) is 11.5. The molecule has 0 unspecified atom stereocenters. The molecule has 1 aliphatic carbocycles. The van der Waals surface area contributed by atoms with Crippen LogP contribution in [-0.4, -0.2) is 17.6 Å². The standard InChI is InChI=1S/C12H23NO2.ClH/c1-9(10-7-5-4-6-8-10)15-11(14)12(2,3)13;/h9-10H,4-8,13H2,1-3H3;1H/t9-;/m0./s1. The first-order valence-corrected chi connectivity index (χ1v) is 5.91. The van der Waals surface area contributed by atoms with Crippen LogP contribution in [0.4, 0.5) is 0 Å². The van der Waals surface area contributed by atoms with Gasteiger partial charge in [0.2, 0.25) is 0 Å². The van der Waals surface area contributed by atoms with Crippen molar-refractivity contribution in [2.24, 2.45) is 11.7 Å². The minimum absolute atomic E-state index is 0. The van der Waals surface area contributed by atoms with Gasteiger partial charge < -0.3 is 10.5 Å². The third-order valence-electron chi connectivity index (χ3n) is 3.13. The molecular weight excluding hydrogens is 226 g/mol. The summed E-state index contributed by atoms with van der Waals surface area (Å²) in [5, 5.41) is 0. The Morgan fingerprint density at radius 3 is 2.25 bits per heavy atom. The summed E-state index contributed by atoms with van der Waals surface area (Å²) in [6.45, 7) is 5.35. The van der Waals surface area contributed by atoms with Crippen molar-refractivity contribution in [2.45, 2.75) is 64.5 Å². The van der Waals surface area contributed by atoms with Crippen molar-refractivity contribution in [1.29, 1.82) is 0 Å². The van der Waals surface area contributed by atoms with Gasteiger partial charge in [-0.25, -0.2) is 0 Å². The van der Waals surface area contributed by atoms with Crippen LogP contribution < -0.4 is 5.73 Å². The monoisotopic (exact) mass is 249 g/mol. The summed E-state index contributed by atoms with van der Waals surface area (Å²) >= 11 is 0. The molecule has 3 nitrogen and oxygen atoms in total. The van der Waals surface area contributed by atoms with Crippen LogP contribution in [0.25, 0.3) is 0 Å². The lowest BCUT2D eigenvalue weighted by Gasteiger charge is -2.29. The first kappa shape index (κ1) is 15.7. The Hall–Kier alpha value is -0.280. The van der Waals surface area contributed by atoms with Crippen LogP contribution in [0.3, 0.4) is 0 Å². The van der Waals surface area contributed by atoms with E-state index in [2.05, 4.69) is 0 Å². The number of nitrogens with two attached hydrogens (primary N) is 1. The second-order valence-corrected chi connectivity index (χ2v) is 5.23. The summed E-state index contributed by atoms with van der Waals surface area (Å²) < 4.78 is 5.39. The number of ether oxygens (including phenoxy) is 1. The van der Waals surface area contributed by atoms with Gasteiger partial charge >= 0.3 is 5.97 Å². The molecule has 4 heteroatoms. The van der Waals surface area contributed by atoms with Gasteiger partial charge in [-0.2, -0.15) is 0 Å². The van der Waals surface area contributed by atoms with E-state index >= 15 is 0 Å². The third-order valence-corrected chi connectivity index (χ3v) is 3.13. The van der Waals surface area contributed by atoms with Gasteiger partial charge in [-0.15, -0.1) is 12.4 Å². The molecule has 0 heterocycles. The molecule has 0 saturated heterocycles. The van der Waals surface area contributed by atoms with E-state index in [0.717, 1.165) is 0 Å². The second kappa shape index (κ2) is 6.45. The van der Waals surface area contributed by atoms with E-state index in [0.29, 0.717) is 5.92 Å². The molecule has 0 radical (unpaired) electrons. The topological polar surface area (TPSA) is 52.3 Å². The Kier molecular flexibility index (Phi) is 6.34. The average molecular weight is 250 g/mol. The number of carbonyl (C=O) groups excluding carboxylic acids is 1. The van der Waals surface area contributed by atoms with E-state index in [1.54, 1.807) is 13.8 Å². The number of hydrogen-bond acceptors (Lipinski definition) is 3. The quantitative estimate of drug-likeness (QED) is 0.783. The fraction of sp³-hybridized carbons (Fsp3) is 0.917. The highest BCUT2D eigenvalue weighted by Crippen LogP contribution is 2.28. The predicted molar refractivity (Wildman–Crippen MR) is 67.6 cm³/mol. The van der Waals surface area contributed by atoms with Crippen LogP contribution in [0.2, 0.25) is 0 Å². The van der Waals surface area contributed by atoms with Crippen LogP contribution in [0.15, 0.2) is 0 Å². The van der Waals surface area contributed by atoms with E-state index in [1.807, 2.05) is 6.92 Å². The molecule has 1 fully saturated rings. The summed E-state index contributed by atoms with van der Waals surface area (Å²) in [6, 6.07) is 0. The zero-order valence-electron chi connectivity index (χ0n) is 10.5. The van der Waals surface area contributed by atoms with Crippen molar-refractivity contribution in [3.63, 3.8) is 0 Å². The molecule has 1 aliphatic rings. The SMILES string of the molecule is C[C@H](OC(=O)C(C)(C)N)C1CCCCC1.Cl. The highest BCUT2D eigenvalue weighted by Gasteiger charge is 2.29. The van der Waals surface area contributed by atoms with Crippen molar-refractivity contribution < 1.29 is 9.53 Å². The minimum atomic E-state index is -0.872. The van der Waals surface area contributed by atoms with Gasteiger partial charge in [0.1, 0.15) is 11.6 Å². The molecule has 1 rings (SSSR count). The molecular formula is C12H24ClNO2. The molecule has 0 amide bonds. The smallest absolute Gasteiger partial charge is 0.325 e. The predicted octanol–water partition coefficient (Wildman–Crippen LogP) is 2.66. The Balaban J connectivity index is 0.00000225. The van der Waals surface area contributed by atoms with Gasteiger partial charge in [-0.1, -0.05) is 19.3 Å². The zero-order valence-corrected chi connectivity index (χ0v) is 11.3. The highest BCUT2D eigenvalue weighted by molar-refractivity contribution is 5.85. The molecule has 1 atom stereocenters. The number of halogens is 1. The molecule has 0 aliphatic heterocycles. The van der Waals surface area contributed by atoms with Crippen LogP contribution in [0, 0.1) is 5.92 Å². The van der Waals surface area contributed by atoms with E-state index in [1.165, 1.54) is 32.1 Å². The Morgan fingerprint density at radius 1 is 1.31 bits per heavy atom. The fourth-order valence-electron chi connectivity index (χ4n) is 2.02. The van der Waals surface area contributed by atoms with Crippen LogP contribution >= 0.6 is 12.4 Å². The molecule has 16 heavy (non-hydrogen) atoms. The molecule has 0 spiro atoms. The van der Waals surface area contributed by atoms with Crippen molar-refractivity contribution in [3.05, 3.63) is 0 Å². The van der Waals surface area contributed by atoms with Crippen molar-refractivity contribution in [2.75, 3.05) is 0 Å². The van der Waals surface area contributed by atoms with Gasteiger partial charge in [-0.05, 0) is 39.5 Å². The fourth-order valence-corrected chi connectivity index (χ4v) is 2.02. The molecule has 0 aromatic carbocycles. The Bertz CT molecular complexity index is 220. The van der Waals surface area contributed by atoms with Crippen molar-refractivity contribution >= 4 is 18.4 Å². The van der Waals surface area contributed by atoms with Crippen molar-refractivity contribution in [3.8, 4) is 0 Å². The maximum atomic E-state index is 11.6. The second-order valence-electron chi connectivity index (χ2n) is 5.23. The molecule has 0 aromatic rings. The van der Waals surface area contributed by atoms with Crippen LogP contribution in [-0.2, 0) is 9.53 Å². The highest BCUT2D eigenvalue weighted by atomic mass is 35.5. The summed E-state index contributed by atoms with van der Waals surface area (Å²) in [4.78, 5) is 11.6. The van der Waals surface area contributed by atoms with Crippen LogP contribution in [0.5, 0.6) is 0 Å². The van der Waals surface area contributed by atoms with Gasteiger partial charge in [0.05, 0.1) is 0 Å². The normalized spacial score (nSPS) is 19.8. The Labute approximate surface area is 105 Å². The first-order valence-electron chi connectivity index (χ1n) is 5.91. The maximum absolute atomic E-state index is 11.6. The largest absolute Gasteiger partial charge is 0.461 e.